The van der Waals surface area contributed by atoms with Crippen LogP contribution in [0.15, 0.2) is 28.8 Å². The normalized spacial score (nSPS) is 13.3. The van der Waals surface area contributed by atoms with E-state index in [1.807, 2.05) is 0 Å². The molecule has 10 heteroatoms. The van der Waals surface area contributed by atoms with E-state index in [0.29, 0.717) is 17.3 Å². The fraction of sp³-hybridized carbons (Fsp3) is 0.222. The van der Waals surface area contributed by atoms with Crippen LogP contribution >= 0.6 is 11.3 Å². The van der Waals surface area contributed by atoms with Crippen molar-refractivity contribution in [3.63, 3.8) is 0 Å². The molecule has 0 unspecified atom stereocenters. The predicted octanol–water partition coefficient (Wildman–Crippen LogP) is 3.17. The number of rotatable bonds is 3. The molecule has 0 saturated heterocycles. The predicted molar refractivity (Wildman–Crippen MR) is 96.1 cm³/mol. The molecule has 0 atom stereocenters. The fourth-order valence-electron chi connectivity index (χ4n) is 2.92. The van der Waals surface area contributed by atoms with Crippen LogP contribution in [0.25, 0.3) is 0 Å². The van der Waals surface area contributed by atoms with Crippen molar-refractivity contribution in [2.45, 2.75) is 19.9 Å². The molecular weight excluding hydrogens is 390 g/mol. The van der Waals surface area contributed by atoms with Gasteiger partial charge in [0.05, 0.1) is 12.2 Å². The van der Waals surface area contributed by atoms with Crippen molar-refractivity contribution < 1.29 is 22.9 Å². The number of carbonyl (C=O) groups excluding carboxylic acids is 2. The molecule has 1 aliphatic heterocycles. The maximum absolute atomic E-state index is 13.9. The average Bonchev–Trinajstić information content (AvgIpc) is 3.26. The highest BCUT2D eigenvalue weighted by molar-refractivity contribution is 7.15. The van der Waals surface area contributed by atoms with Crippen LogP contribution in [-0.2, 0) is 13.0 Å². The second-order valence-electron chi connectivity index (χ2n) is 6.24. The molecule has 2 aromatic heterocycles. The molecule has 0 spiro atoms. The Hall–Kier alpha value is -3.14. The summed E-state index contributed by atoms with van der Waals surface area (Å²) in [5, 5.41) is 6.65. The Morgan fingerprint density at radius 1 is 1.29 bits per heavy atom. The van der Waals surface area contributed by atoms with Gasteiger partial charge in [0.2, 0.25) is 0 Å². The molecule has 0 saturated carbocycles. The number of carbonyl (C=O) groups is 2. The number of benzene rings is 1. The number of nitrogens with one attached hydrogen (secondary N) is 1. The second kappa shape index (κ2) is 7.12. The summed E-state index contributed by atoms with van der Waals surface area (Å²) in [4.78, 5) is 31.2. The van der Waals surface area contributed by atoms with E-state index in [9.17, 15) is 18.4 Å². The molecule has 1 aromatic carbocycles. The smallest absolute Gasteiger partial charge is 0.279 e. The number of amides is 2. The van der Waals surface area contributed by atoms with Gasteiger partial charge >= 0.3 is 0 Å². The molecule has 1 aliphatic rings. The number of thiazole rings is 1. The monoisotopic (exact) mass is 404 g/mol. The molecule has 28 heavy (non-hydrogen) atoms. The Labute approximate surface area is 162 Å². The van der Waals surface area contributed by atoms with Gasteiger partial charge in [0.15, 0.2) is 10.8 Å². The molecule has 0 fully saturated rings. The molecule has 0 aliphatic carbocycles. The van der Waals surface area contributed by atoms with E-state index in [1.54, 1.807) is 6.92 Å². The van der Waals surface area contributed by atoms with Crippen LogP contribution in [0.5, 0.6) is 0 Å². The summed E-state index contributed by atoms with van der Waals surface area (Å²) in [6, 6.07) is 4.83. The number of hydrogen-bond acceptors (Lipinski definition) is 6. The minimum absolute atomic E-state index is 0.137. The highest BCUT2D eigenvalue weighted by Gasteiger charge is 2.28. The van der Waals surface area contributed by atoms with Gasteiger partial charge in [0, 0.05) is 23.9 Å². The lowest BCUT2D eigenvalue weighted by Gasteiger charge is -2.26. The van der Waals surface area contributed by atoms with Crippen LogP contribution < -0.4 is 5.32 Å². The van der Waals surface area contributed by atoms with Crippen LogP contribution in [0.2, 0.25) is 0 Å². The van der Waals surface area contributed by atoms with E-state index in [4.69, 9.17) is 4.52 Å². The third-order valence-corrected chi connectivity index (χ3v) is 5.27. The van der Waals surface area contributed by atoms with Gasteiger partial charge in [-0.15, -0.1) is 0 Å². The SMILES string of the molecule is Cc1cc(C(=O)Nc2nc3c(s2)CN(C(=O)c2c(F)cccc2F)CC3)no1. The zero-order valence-electron chi connectivity index (χ0n) is 14.7. The Morgan fingerprint density at radius 2 is 2.04 bits per heavy atom. The Morgan fingerprint density at radius 3 is 2.71 bits per heavy atom. The van der Waals surface area contributed by atoms with Gasteiger partial charge in [-0.25, -0.2) is 13.8 Å². The first-order chi connectivity index (χ1) is 13.4. The summed E-state index contributed by atoms with van der Waals surface area (Å²) in [6.07, 6.45) is 0.423. The summed E-state index contributed by atoms with van der Waals surface area (Å²) in [5.41, 5.74) is 0.317. The Kier molecular flexibility index (Phi) is 4.63. The molecule has 3 aromatic rings. The first-order valence-electron chi connectivity index (χ1n) is 8.39. The van der Waals surface area contributed by atoms with E-state index in [1.165, 1.54) is 28.4 Å². The van der Waals surface area contributed by atoms with Crippen molar-refractivity contribution in [2.75, 3.05) is 11.9 Å². The highest BCUT2D eigenvalue weighted by atomic mass is 32.1. The third-order valence-electron chi connectivity index (χ3n) is 4.28. The number of anilines is 1. The summed E-state index contributed by atoms with van der Waals surface area (Å²) < 4.78 is 32.7. The molecule has 1 N–H and O–H groups in total. The van der Waals surface area contributed by atoms with Crippen molar-refractivity contribution in [3.05, 3.63) is 63.5 Å². The minimum atomic E-state index is -0.893. The van der Waals surface area contributed by atoms with Crippen molar-refractivity contribution in [1.29, 1.82) is 0 Å². The molecule has 4 rings (SSSR count). The Balaban J connectivity index is 1.50. The van der Waals surface area contributed by atoms with Gasteiger partial charge in [-0.3, -0.25) is 14.9 Å². The van der Waals surface area contributed by atoms with Crippen LogP contribution in [0.1, 0.15) is 37.2 Å². The lowest BCUT2D eigenvalue weighted by Crippen LogP contribution is -2.36. The van der Waals surface area contributed by atoms with Crippen LogP contribution in [0.4, 0.5) is 13.9 Å². The minimum Gasteiger partial charge on any atom is -0.361 e. The van der Waals surface area contributed by atoms with Crippen LogP contribution in [0, 0.1) is 18.6 Å². The standard InChI is InChI=1S/C18H14F2N4O3S/c1-9-7-13(23-27-9)16(25)22-18-21-12-5-6-24(8-14(12)28-18)17(26)15-10(19)3-2-4-11(15)20/h2-4,7H,5-6,8H2,1H3,(H,21,22,25). The first kappa shape index (κ1) is 18.2. The fourth-order valence-corrected chi connectivity index (χ4v) is 3.94. The third kappa shape index (κ3) is 3.38. The van der Waals surface area contributed by atoms with Gasteiger partial charge in [0.1, 0.15) is 23.0 Å². The van der Waals surface area contributed by atoms with Crippen molar-refractivity contribution in [3.8, 4) is 0 Å². The quantitative estimate of drug-likeness (QED) is 0.724. The molecular formula is C18H14F2N4O3S. The molecule has 0 bridgehead atoms. The van der Waals surface area contributed by atoms with Gasteiger partial charge in [-0.05, 0) is 19.1 Å². The van der Waals surface area contributed by atoms with Crippen molar-refractivity contribution in [2.24, 2.45) is 0 Å². The number of nitrogens with zero attached hydrogens (tertiary/aromatic N) is 3. The summed E-state index contributed by atoms with van der Waals surface area (Å²) >= 11 is 1.21. The number of aromatic nitrogens is 2. The molecule has 2 amide bonds. The van der Waals surface area contributed by atoms with E-state index in [-0.39, 0.29) is 18.8 Å². The van der Waals surface area contributed by atoms with E-state index in [2.05, 4.69) is 15.5 Å². The topological polar surface area (TPSA) is 88.3 Å². The van der Waals surface area contributed by atoms with E-state index in [0.717, 1.165) is 22.7 Å². The van der Waals surface area contributed by atoms with Gasteiger partial charge < -0.3 is 9.42 Å². The van der Waals surface area contributed by atoms with Crippen LogP contribution in [0.3, 0.4) is 0 Å². The lowest BCUT2D eigenvalue weighted by atomic mass is 10.1. The average molecular weight is 404 g/mol. The maximum atomic E-state index is 13.9. The largest absolute Gasteiger partial charge is 0.361 e. The maximum Gasteiger partial charge on any atom is 0.279 e. The summed E-state index contributed by atoms with van der Waals surface area (Å²) in [5.74, 6) is -2.44. The lowest BCUT2D eigenvalue weighted by molar-refractivity contribution is 0.0726. The van der Waals surface area contributed by atoms with Crippen LogP contribution in [-0.4, -0.2) is 33.4 Å². The number of aryl methyl sites for hydroxylation is 1. The molecule has 3 heterocycles. The van der Waals surface area contributed by atoms with Crippen molar-refractivity contribution in [1.82, 2.24) is 15.0 Å². The number of fused-ring (bicyclic) bond motifs is 1. The summed E-state index contributed by atoms with van der Waals surface area (Å²) in [6.45, 7) is 2.12. The van der Waals surface area contributed by atoms with E-state index >= 15 is 0 Å². The van der Waals surface area contributed by atoms with Crippen molar-refractivity contribution >= 4 is 28.3 Å². The Bertz CT molecular complexity index is 1060. The summed E-state index contributed by atoms with van der Waals surface area (Å²) in [7, 11) is 0. The van der Waals surface area contributed by atoms with Gasteiger partial charge in [0.25, 0.3) is 11.8 Å². The van der Waals surface area contributed by atoms with E-state index < -0.39 is 29.0 Å². The highest BCUT2D eigenvalue weighted by Crippen LogP contribution is 2.30. The zero-order chi connectivity index (χ0) is 19.8. The van der Waals surface area contributed by atoms with Gasteiger partial charge in [-0.1, -0.05) is 22.6 Å². The number of hydrogen-bond donors (Lipinski definition) is 1. The second-order valence-corrected chi connectivity index (χ2v) is 7.32. The number of halogens is 2. The molecule has 144 valence electrons. The van der Waals surface area contributed by atoms with Gasteiger partial charge in [-0.2, -0.15) is 0 Å². The zero-order valence-corrected chi connectivity index (χ0v) is 15.5. The molecule has 0 radical (unpaired) electrons. The molecule has 7 nitrogen and oxygen atoms in total. The first-order valence-corrected chi connectivity index (χ1v) is 9.20.